The van der Waals surface area contributed by atoms with Gasteiger partial charge in [-0.1, -0.05) is 18.5 Å². The second-order valence-electron chi connectivity index (χ2n) is 4.71. The summed E-state index contributed by atoms with van der Waals surface area (Å²) in [5, 5.41) is 0.149. The number of nitrogens with one attached hydrogen (secondary N) is 2. The Morgan fingerprint density at radius 2 is 2.30 bits per heavy atom. The maximum Gasteiger partial charge on any atom is 0.242 e. The SMILES string of the molecule is CC1COCCC1NS(=O)(=O)c1cnc(NN)c(Cl)c1. The topological polar surface area (TPSA) is 106 Å². The Bertz CT molecular complexity index is 581. The van der Waals surface area contributed by atoms with Crippen LogP contribution in [0.5, 0.6) is 0 Å². The molecule has 0 aromatic carbocycles. The van der Waals surface area contributed by atoms with Gasteiger partial charge in [0.25, 0.3) is 0 Å². The molecule has 1 saturated heterocycles. The lowest BCUT2D eigenvalue weighted by atomic mass is 9.99. The van der Waals surface area contributed by atoms with Crippen LogP contribution in [0.2, 0.25) is 5.02 Å². The van der Waals surface area contributed by atoms with Gasteiger partial charge >= 0.3 is 0 Å². The van der Waals surface area contributed by atoms with Gasteiger partial charge in [0.1, 0.15) is 4.90 Å². The first-order valence-electron chi connectivity index (χ1n) is 6.16. The highest BCUT2D eigenvalue weighted by Crippen LogP contribution is 2.23. The molecular weight excluding hydrogens is 304 g/mol. The zero-order valence-corrected chi connectivity index (χ0v) is 12.5. The molecule has 0 spiro atoms. The van der Waals surface area contributed by atoms with Gasteiger partial charge in [-0.05, 0) is 18.4 Å². The molecule has 0 radical (unpaired) electrons. The number of nitrogens with two attached hydrogens (primary N) is 1. The van der Waals surface area contributed by atoms with Gasteiger partial charge in [-0.3, -0.25) is 0 Å². The van der Waals surface area contributed by atoms with Crippen molar-refractivity contribution in [2.45, 2.75) is 24.3 Å². The predicted octanol–water partition coefficient (Wildman–Crippen LogP) is 0.724. The van der Waals surface area contributed by atoms with Gasteiger partial charge in [0.2, 0.25) is 10.0 Å². The van der Waals surface area contributed by atoms with E-state index in [0.29, 0.717) is 19.6 Å². The number of nitrogen functional groups attached to an aromatic ring is 1. The molecule has 0 amide bonds. The number of hydrazine groups is 1. The van der Waals surface area contributed by atoms with Gasteiger partial charge in [0, 0.05) is 18.8 Å². The van der Waals surface area contributed by atoms with Crippen LogP contribution in [-0.2, 0) is 14.8 Å². The molecule has 2 heterocycles. The van der Waals surface area contributed by atoms with E-state index in [1.165, 1.54) is 12.3 Å². The highest BCUT2D eigenvalue weighted by Gasteiger charge is 2.27. The molecule has 1 fully saturated rings. The van der Waals surface area contributed by atoms with Gasteiger partial charge < -0.3 is 10.2 Å². The number of aromatic nitrogens is 1. The highest BCUT2D eigenvalue weighted by molar-refractivity contribution is 7.89. The molecule has 20 heavy (non-hydrogen) atoms. The lowest BCUT2D eigenvalue weighted by Crippen LogP contribution is -2.44. The quantitative estimate of drug-likeness (QED) is 0.557. The van der Waals surface area contributed by atoms with Crippen LogP contribution in [-0.4, -0.2) is 32.7 Å². The number of hydrogen-bond donors (Lipinski definition) is 3. The highest BCUT2D eigenvalue weighted by atomic mass is 35.5. The van der Waals surface area contributed by atoms with E-state index in [1.54, 1.807) is 0 Å². The average Bonchev–Trinajstić information content (AvgIpc) is 2.41. The first-order valence-corrected chi connectivity index (χ1v) is 8.02. The van der Waals surface area contributed by atoms with Crippen molar-refractivity contribution in [1.29, 1.82) is 0 Å². The third-order valence-corrected chi connectivity index (χ3v) is 4.96. The van der Waals surface area contributed by atoms with Gasteiger partial charge in [-0.2, -0.15) is 0 Å². The maximum absolute atomic E-state index is 12.3. The number of ether oxygens (including phenoxy) is 1. The summed E-state index contributed by atoms with van der Waals surface area (Å²) in [5.41, 5.74) is 2.29. The fourth-order valence-corrected chi connectivity index (χ4v) is 3.63. The summed E-state index contributed by atoms with van der Waals surface area (Å²) < 4.78 is 32.6. The van der Waals surface area contributed by atoms with Crippen LogP contribution in [0, 0.1) is 5.92 Å². The minimum Gasteiger partial charge on any atom is -0.381 e. The Labute approximate surface area is 122 Å². The molecular formula is C11H17ClN4O3S. The number of anilines is 1. The zero-order valence-electron chi connectivity index (χ0n) is 11.0. The van der Waals surface area contributed by atoms with Crippen LogP contribution in [0.1, 0.15) is 13.3 Å². The van der Waals surface area contributed by atoms with Crippen LogP contribution in [0.25, 0.3) is 0 Å². The number of hydrogen-bond acceptors (Lipinski definition) is 6. The van der Waals surface area contributed by atoms with E-state index in [1.807, 2.05) is 6.92 Å². The summed E-state index contributed by atoms with van der Waals surface area (Å²) in [5.74, 6) is 5.55. The van der Waals surface area contributed by atoms with Crippen molar-refractivity contribution in [3.05, 3.63) is 17.3 Å². The molecule has 2 atom stereocenters. The molecule has 7 nitrogen and oxygen atoms in total. The van der Waals surface area contributed by atoms with Crippen molar-refractivity contribution in [2.75, 3.05) is 18.6 Å². The van der Waals surface area contributed by atoms with E-state index in [4.69, 9.17) is 22.2 Å². The van der Waals surface area contributed by atoms with Crippen molar-refractivity contribution in [2.24, 2.45) is 11.8 Å². The monoisotopic (exact) mass is 320 g/mol. The van der Waals surface area contributed by atoms with Crippen LogP contribution in [0.3, 0.4) is 0 Å². The fourth-order valence-electron chi connectivity index (χ4n) is 2.00. The Balaban J connectivity index is 2.19. The van der Waals surface area contributed by atoms with E-state index in [9.17, 15) is 8.42 Å². The lowest BCUT2D eigenvalue weighted by molar-refractivity contribution is 0.0450. The smallest absolute Gasteiger partial charge is 0.242 e. The summed E-state index contributed by atoms with van der Waals surface area (Å²) in [6, 6.07) is 1.16. The standard InChI is InChI=1S/C11H17ClN4O3S/c1-7-6-19-3-2-10(7)16-20(17,18)8-4-9(12)11(15-13)14-5-8/h4-5,7,10,16H,2-3,6,13H2,1H3,(H,14,15). The molecule has 1 aromatic heterocycles. The molecule has 0 bridgehead atoms. The molecule has 1 aliphatic heterocycles. The molecule has 1 aromatic rings. The molecule has 4 N–H and O–H groups in total. The van der Waals surface area contributed by atoms with E-state index >= 15 is 0 Å². The van der Waals surface area contributed by atoms with Crippen LogP contribution in [0.4, 0.5) is 5.82 Å². The van der Waals surface area contributed by atoms with E-state index in [0.717, 1.165) is 0 Å². The lowest BCUT2D eigenvalue weighted by Gasteiger charge is -2.29. The van der Waals surface area contributed by atoms with Crippen molar-refractivity contribution >= 4 is 27.4 Å². The minimum absolute atomic E-state index is 0.0141. The van der Waals surface area contributed by atoms with Crippen molar-refractivity contribution in [1.82, 2.24) is 9.71 Å². The Kier molecular flexibility index (Phi) is 4.82. The van der Waals surface area contributed by atoms with Crippen molar-refractivity contribution in [3.8, 4) is 0 Å². The zero-order chi connectivity index (χ0) is 14.8. The van der Waals surface area contributed by atoms with Crippen molar-refractivity contribution < 1.29 is 13.2 Å². The van der Waals surface area contributed by atoms with Gasteiger partial charge in [0.05, 0.1) is 11.6 Å². The van der Waals surface area contributed by atoms with Gasteiger partial charge in [0.15, 0.2) is 5.82 Å². The number of halogens is 1. The van der Waals surface area contributed by atoms with Gasteiger partial charge in [-0.25, -0.2) is 24.0 Å². The summed E-state index contributed by atoms with van der Waals surface area (Å²) in [4.78, 5) is 3.88. The molecule has 0 aliphatic carbocycles. The molecule has 112 valence electrons. The minimum atomic E-state index is -3.66. The Hall–Kier alpha value is -0.930. The summed E-state index contributed by atoms with van der Waals surface area (Å²) >= 11 is 5.89. The molecule has 9 heteroatoms. The second-order valence-corrected chi connectivity index (χ2v) is 6.84. The third kappa shape index (κ3) is 3.39. The number of nitrogens with zero attached hydrogens (tertiary/aromatic N) is 1. The summed E-state index contributed by atoms with van der Waals surface area (Å²) in [7, 11) is -3.66. The van der Waals surface area contributed by atoms with Crippen LogP contribution >= 0.6 is 11.6 Å². The maximum atomic E-state index is 12.3. The first kappa shape index (κ1) is 15.5. The molecule has 2 unspecified atom stereocenters. The van der Waals surface area contributed by atoms with Crippen LogP contribution in [0.15, 0.2) is 17.2 Å². The normalized spacial score (nSPS) is 23.6. The average molecular weight is 321 g/mol. The predicted molar refractivity (Wildman–Crippen MR) is 75.8 cm³/mol. The van der Waals surface area contributed by atoms with E-state index in [2.05, 4.69) is 15.1 Å². The number of rotatable bonds is 4. The first-order chi connectivity index (χ1) is 9.44. The molecule has 1 aliphatic rings. The van der Waals surface area contributed by atoms with Crippen molar-refractivity contribution in [3.63, 3.8) is 0 Å². The second kappa shape index (κ2) is 6.23. The Morgan fingerprint density at radius 3 is 2.90 bits per heavy atom. The number of pyridine rings is 1. The Morgan fingerprint density at radius 1 is 1.55 bits per heavy atom. The summed E-state index contributed by atoms with van der Waals surface area (Å²) in [6.07, 6.45) is 1.86. The molecule has 2 rings (SSSR count). The van der Waals surface area contributed by atoms with Gasteiger partial charge in [-0.15, -0.1) is 0 Å². The molecule has 0 saturated carbocycles. The van der Waals surface area contributed by atoms with Crippen LogP contribution < -0.4 is 16.0 Å². The third-order valence-electron chi connectivity index (χ3n) is 3.21. The largest absolute Gasteiger partial charge is 0.381 e. The van der Waals surface area contributed by atoms with E-state index < -0.39 is 10.0 Å². The fraction of sp³-hybridized carbons (Fsp3) is 0.545. The van der Waals surface area contributed by atoms with E-state index in [-0.39, 0.29) is 27.7 Å². The number of sulfonamides is 1. The summed E-state index contributed by atoms with van der Waals surface area (Å²) in [6.45, 7) is 3.04.